The molecule has 2 amide bonds. The van der Waals surface area contributed by atoms with Crippen molar-refractivity contribution >= 4 is 23.3 Å². The highest BCUT2D eigenvalue weighted by atomic mass is 16.3. The standard InChI is InChI=1S/C30H39N5O4/c1-20-5-3-7-24(21(20)2)32-13-15-33(16-14-32)27(38)19-35-25-8-4-6-23(25)28(31-35)29(39)34-11-9-30(10-12-34)18-22(36)17-26(30)37/h3,5,7,26,37H,4,6,8-19H2,1-2H3. The summed E-state index contributed by atoms with van der Waals surface area (Å²) in [4.78, 5) is 44.9. The van der Waals surface area contributed by atoms with Crippen LogP contribution in [-0.2, 0) is 29.0 Å². The first-order valence-corrected chi connectivity index (χ1v) is 14.4. The van der Waals surface area contributed by atoms with Crippen molar-refractivity contribution in [1.82, 2.24) is 19.6 Å². The van der Waals surface area contributed by atoms with E-state index in [1.807, 2.05) is 9.80 Å². The third-order valence-electron chi connectivity index (χ3n) is 9.77. The quantitative estimate of drug-likeness (QED) is 0.648. The molecule has 0 radical (unpaired) electrons. The summed E-state index contributed by atoms with van der Waals surface area (Å²) in [6, 6.07) is 6.38. The van der Waals surface area contributed by atoms with Crippen molar-refractivity contribution in [3.63, 3.8) is 0 Å². The minimum atomic E-state index is -0.598. The average molecular weight is 534 g/mol. The molecule has 2 saturated heterocycles. The molecule has 1 aromatic carbocycles. The zero-order valence-electron chi connectivity index (χ0n) is 23.1. The zero-order chi connectivity index (χ0) is 27.3. The van der Waals surface area contributed by atoms with E-state index in [4.69, 9.17) is 5.10 Å². The third-order valence-corrected chi connectivity index (χ3v) is 9.77. The highest BCUT2D eigenvalue weighted by Gasteiger charge is 2.48. The molecule has 2 aromatic rings. The van der Waals surface area contributed by atoms with Gasteiger partial charge in [0.05, 0.1) is 6.10 Å². The Balaban J connectivity index is 1.10. The summed E-state index contributed by atoms with van der Waals surface area (Å²) in [5.41, 5.74) is 5.93. The fraction of sp³-hybridized carbons (Fsp3) is 0.600. The van der Waals surface area contributed by atoms with Crippen molar-refractivity contribution in [2.45, 2.75) is 71.4 Å². The van der Waals surface area contributed by atoms with E-state index < -0.39 is 6.10 Å². The molecule has 1 saturated carbocycles. The first-order chi connectivity index (χ1) is 18.8. The molecule has 208 valence electrons. The second-order valence-electron chi connectivity index (χ2n) is 12.0. The van der Waals surface area contributed by atoms with Gasteiger partial charge in [-0.1, -0.05) is 12.1 Å². The predicted molar refractivity (Wildman–Crippen MR) is 147 cm³/mol. The number of piperidine rings is 1. The lowest BCUT2D eigenvalue weighted by Crippen LogP contribution is -2.50. The van der Waals surface area contributed by atoms with E-state index in [1.54, 1.807) is 4.68 Å². The van der Waals surface area contributed by atoms with Crippen molar-refractivity contribution < 1.29 is 19.5 Å². The Morgan fingerprint density at radius 1 is 1.03 bits per heavy atom. The fourth-order valence-electron chi connectivity index (χ4n) is 7.14. The van der Waals surface area contributed by atoms with E-state index in [-0.39, 0.29) is 36.0 Å². The largest absolute Gasteiger partial charge is 0.392 e. The molecule has 4 aliphatic rings. The minimum Gasteiger partial charge on any atom is -0.392 e. The van der Waals surface area contributed by atoms with Crippen LogP contribution in [0.15, 0.2) is 18.2 Å². The number of nitrogens with zero attached hydrogens (tertiary/aromatic N) is 5. The molecular formula is C30H39N5O4. The van der Waals surface area contributed by atoms with Crippen molar-refractivity contribution in [2.24, 2.45) is 5.41 Å². The van der Waals surface area contributed by atoms with E-state index in [2.05, 4.69) is 36.9 Å². The number of carbonyl (C=O) groups is 3. The zero-order valence-corrected chi connectivity index (χ0v) is 23.1. The summed E-state index contributed by atoms with van der Waals surface area (Å²) in [5, 5.41) is 15.2. The lowest BCUT2D eigenvalue weighted by Gasteiger charge is -2.40. The maximum atomic E-state index is 13.6. The van der Waals surface area contributed by atoms with Gasteiger partial charge in [0.2, 0.25) is 5.91 Å². The smallest absolute Gasteiger partial charge is 0.274 e. The van der Waals surface area contributed by atoms with Crippen molar-refractivity contribution in [3.8, 4) is 0 Å². The third kappa shape index (κ3) is 4.64. The molecule has 1 N–H and O–H groups in total. The number of carbonyl (C=O) groups excluding carboxylic acids is 3. The van der Waals surface area contributed by atoms with Crippen LogP contribution in [0.1, 0.15) is 65.0 Å². The Hall–Kier alpha value is -3.20. The summed E-state index contributed by atoms with van der Waals surface area (Å²) < 4.78 is 1.78. The Morgan fingerprint density at radius 2 is 1.77 bits per heavy atom. The molecule has 0 bridgehead atoms. The van der Waals surface area contributed by atoms with Crippen LogP contribution in [0.2, 0.25) is 0 Å². The first kappa shape index (κ1) is 26.0. The van der Waals surface area contributed by atoms with Gasteiger partial charge in [-0.25, -0.2) is 0 Å². The summed E-state index contributed by atoms with van der Waals surface area (Å²) in [5.74, 6) is 0.0805. The Labute approximate surface area is 229 Å². The van der Waals surface area contributed by atoms with E-state index >= 15 is 0 Å². The Bertz CT molecular complexity index is 1300. The van der Waals surface area contributed by atoms with Gasteiger partial charge in [-0.3, -0.25) is 19.1 Å². The van der Waals surface area contributed by atoms with Gasteiger partial charge in [0.1, 0.15) is 12.3 Å². The number of amides is 2. The predicted octanol–water partition coefficient (Wildman–Crippen LogP) is 2.28. The number of hydrogen-bond acceptors (Lipinski definition) is 6. The summed E-state index contributed by atoms with van der Waals surface area (Å²) >= 11 is 0. The maximum Gasteiger partial charge on any atom is 0.274 e. The normalized spacial score (nSPS) is 22.6. The van der Waals surface area contributed by atoms with Crippen LogP contribution in [-0.4, -0.2) is 87.7 Å². The van der Waals surface area contributed by atoms with E-state index in [0.29, 0.717) is 51.1 Å². The van der Waals surface area contributed by atoms with Crippen molar-refractivity contribution in [2.75, 3.05) is 44.2 Å². The molecule has 1 unspecified atom stereocenters. The molecule has 1 spiro atoms. The van der Waals surface area contributed by atoms with E-state index in [9.17, 15) is 19.5 Å². The lowest BCUT2D eigenvalue weighted by molar-refractivity contribution is -0.132. The van der Waals surface area contributed by atoms with Crippen molar-refractivity contribution in [1.29, 1.82) is 0 Å². The number of Topliss-reactive ketones (excluding diaryl/α,β-unsaturated/α-hetero) is 1. The average Bonchev–Trinajstić information content (AvgIpc) is 3.61. The van der Waals surface area contributed by atoms with Gasteiger partial charge in [-0.05, 0) is 63.1 Å². The van der Waals surface area contributed by atoms with E-state index in [0.717, 1.165) is 43.6 Å². The highest BCUT2D eigenvalue weighted by molar-refractivity contribution is 5.94. The number of ketones is 1. The minimum absolute atomic E-state index is 0.0478. The second-order valence-corrected chi connectivity index (χ2v) is 12.0. The number of piperazine rings is 1. The lowest BCUT2D eigenvalue weighted by atomic mass is 9.75. The van der Waals surface area contributed by atoms with Gasteiger partial charge >= 0.3 is 0 Å². The first-order valence-electron chi connectivity index (χ1n) is 14.4. The van der Waals surface area contributed by atoms with Crippen LogP contribution < -0.4 is 4.90 Å². The molecule has 1 aromatic heterocycles. The maximum absolute atomic E-state index is 13.6. The van der Waals surface area contributed by atoms with Gasteiger partial charge in [-0.2, -0.15) is 5.10 Å². The van der Waals surface area contributed by atoms with Gasteiger partial charge in [0.25, 0.3) is 5.91 Å². The van der Waals surface area contributed by atoms with Gasteiger partial charge in [0.15, 0.2) is 5.69 Å². The Morgan fingerprint density at radius 3 is 2.46 bits per heavy atom. The van der Waals surface area contributed by atoms with Crippen LogP contribution in [0.4, 0.5) is 5.69 Å². The molecule has 6 rings (SSSR count). The SMILES string of the molecule is Cc1cccc(N2CCN(C(=O)Cn3nc(C(=O)N4CCC5(CC4)CC(=O)CC5O)c4c3CCC4)CC2)c1C. The molecule has 9 nitrogen and oxygen atoms in total. The van der Waals surface area contributed by atoms with Crippen LogP contribution in [0.5, 0.6) is 0 Å². The molecule has 3 fully saturated rings. The number of aryl methyl sites for hydroxylation is 1. The van der Waals surface area contributed by atoms with Crippen LogP contribution in [0, 0.1) is 19.3 Å². The summed E-state index contributed by atoms with van der Waals surface area (Å²) in [6.45, 7) is 8.43. The number of anilines is 1. The summed E-state index contributed by atoms with van der Waals surface area (Å²) in [7, 11) is 0. The van der Waals surface area contributed by atoms with Crippen molar-refractivity contribution in [3.05, 3.63) is 46.3 Å². The number of rotatable bonds is 4. The molecule has 9 heteroatoms. The van der Waals surface area contributed by atoms with Gasteiger partial charge in [0, 0.05) is 74.5 Å². The van der Waals surface area contributed by atoms with Gasteiger partial charge < -0.3 is 19.8 Å². The number of aliphatic hydroxyl groups is 1. The molecule has 2 aliphatic heterocycles. The Kier molecular flexibility index (Phi) is 6.73. The number of fused-ring (bicyclic) bond motifs is 1. The number of aromatic nitrogens is 2. The number of aliphatic hydroxyl groups excluding tert-OH is 1. The number of benzene rings is 1. The topological polar surface area (TPSA) is 99.0 Å². The van der Waals surface area contributed by atoms with Crippen LogP contribution >= 0.6 is 0 Å². The fourth-order valence-corrected chi connectivity index (χ4v) is 7.14. The second kappa shape index (κ2) is 10.1. The van der Waals surface area contributed by atoms with Gasteiger partial charge in [-0.15, -0.1) is 0 Å². The van der Waals surface area contributed by atoms with Crippen LogP contribution in [0.3, 0.4) is 0 Å². The monoisotopic (exact) mass is 533 g/mol. The molecule has 2 aliphatic carbocycles. The molecule has 3 heterocycles. The summed E-state index contributed by atoms with van der Waals surface area (Å²) in [6.07, 6.45) is 3.95. The molecular weight excluding hydrogens is 494 g/mol. The highest BCUT2D eigenvalue weighted by Crippen LogP contribution is 2.45. The number of likely N-dealkylation sites (tertiary alicyclic amines) is 1. The van der Waals surface area contributed by atoms with Crippen LogP contribution in [0.25, 0.3) is 0 Å². The number of hydrogen-bond donors (Lipinski definition) is 1. The molecule has 39 heavy (non-hydrogen) atoms. The molecule has 1 atom stereocenters. The van der Waals surface area contributed by atoms with E-state index in [1.165, 1.54) is 16.8 Å².